The Morgan fingerprint density at radius 1 is 1.13 bits per heavy atom. The van der Waals surface area contributed by atoms with Crippen molar-refractivity contribution in [2.24, 2.45) is 4.99 Å². The Morgan fingerprint density at radius 2 is 1.97 bits per heavy atom. The molecule has 2 aromatic heterocycles. The van der Waals surface area contributed by atoms with Crippen LogP contribution in [0.4, 0.5) is 13.2 Å². The Morgan fingerprint density at radius 3 is 2.70 bits per heavy atom. The van der Waals surface area contributed by atoms with E-state index in [9.17, 15) is 13.2 Å². The van der Waals surface area contributed by atoms with Gasteiger partial charge in [-0.05, 0) is 43.5 Å². The number of fused-ring (bicyclic) bond motifs is 1. The molecular formula is C22H20F3N5. The van der Waals surface area contributed by atoms with Crippen LogP contribution in [0.25, 0.3) is 22.4 Å². The first-order chi connectivity index (χ1) is 14.4. The van der Waals surface area contributed by atoms with Gasteiger partial charge in [0.25, 0.3) is 0 Å². The summed E-state index contributed by atoms with van der Waals surface area (Å²) in [6.07, 6.45) is -1.06. The van der Waals surface area contributed by atoms with Gasteiger partial charge in [0.1, 0.15) is 11.6 Å². The van der Waals surface area contributed by atoms with Crippen LogP contribution in [0.5, 0.6) is 0 Å². The van der Waals surface area contributed by atoms with E-state index in [1.165, 1.54) is 6.07 Å². The van der Waals surface area contributed by atoms with Crippen molar-refractivity contribution < 1.29 is 13.2 Å². The van der Waals surface area contributed by atoms with E-state index in [2.05, 4.69) is 21.3 Å². The van der Waals surface area contributed by atoms with E-state index >= 15 is 0 Å². The lowest BCUT2D eigenvalue weighted by molar-refractivity contribution is -0.137. The molecule has 0 aliphatic heterocycles. The SMILES string of the molecule is C=NCc1ccc2c(c1)nc(Cn1ccnc1-c1cccc(C(F)(F)F)c1)n2CC. The zero-order valence-electron chi connectivity index (χ0n) is 16.4. The maximum absolute atomic E-state index is 13.1. The number of aryl methyl sites for hydroxylation is 1. The van der Waals surface area contributed by atoms with E-state index in [0.717, 1.165) is 41.1 Å². The van der Waals surface area contributed by atoms with Crippen LogP contribution in [0.2, 0.25) is 0 Å². The van der Waals surface area contributed by atoms with Gasteiger partial charge in [-0.25, -0.2) is 9.97 Å². The molecule has 0 saturated heterocycles. The molecule has 0 bridgehead atoms. The van der Waals surface area contributed by atoms with E-state index in [1.807, 2.05) is 29.7 Å². The molecule has 0 unspecified atom stereocenters. The third-order valence-corrected chi connectivity index (χ3v) is 4.98. The normalized spacial score (nSPS) is 11.9. The molecule has 0 radical (unpaired) electrons. The summed E-state index contributed by atoms with van der Waals surface area (Å²) in [7, 11) is 0. The van der Waals surface area contributed by atoms with Crippen molar-refractivity contribution in [1.29, 1.82) is 0 Å². The lowest BCUT2D eigenvalue weighted by Crippen LogP contribution is -2.09. The first-order valence-corrected chi connectivity index (χ1v) is 9.50. The summed E-state index contributed by atoms with van der Waals surface area (Å²) in [4.78, 5) is 13.0. The van der Waals surface area contributed by atoms with Gasteiger partial charge in [0.05, 0.1) is 29.7 Å². The lowest BCUT2D eigenvalue weighted by Gasteiger charge is -2.12. The lowest BCUT2D eigenvalue weighted by atomic mass is 10.1. The van der Waals surface area contributed by atoms with Crippen LogP contribution in [0.1, 0.15) is 23.9 Å². The number of aliphatic imine (C=N–C) groups is 1. The third-order valence-electron chi connectivity index (χ3n) is 4.98. The van der Waals surface area contributed by atoms with Gasteiger partial charge in [0.15, 0.2) is 0 Å². The molecule has 4 rings (SSSR count). The van der Waals surface area contributed by atoms with E-state index < -0.39 is 11.7 Å². The van der Waals surface area contributed by atoms with Crippen molar-refractivity contribution >= 4 is 17.8 Å². The predicted molar refractivity (Wildman–Crippen MR) is 110 cm³/mol. The summed E-state index contributed by atoms with van der Waals surface area (Å²) in [6, 6.07) is 11.2. The second-order valence-electron chi connectivity index (χ2n) is 6.93. The van der Waals surface area contributed by atoms with Crippen molar-refractivity contribution in [2.45, 2.75) is 32.7 Å². The highest BCUT2D eigenvalue weighted by atomic mass is 19.4. The topological polar surface area (TPSA) is 48.0 Å². The molecule has 0 aliphatic carbocycles. The monoisotopic (exact) mass is 411 g/mol. The maximum Gasteiger partial charge on any atom is 0.416 e. The largest absolute Gasteiger partial charge is 0.416 e. The number of benzene rings is 2. The van der Waals surface area contributed by atoms with Gasteiger partial charge < -0.3 is 9.13 Å². The van der Waals surface area contributed by atoms with Crippen LogP contribution < -0.4 is 0 Å². The summed E-state index contributed by atoms with van der Waals surface area (Å²) < 4.78 is 43.2. The molecule has 2 heterocycles. The Kier molecular flexibility index (Phi) is 5.15. The Hall–Kier alpha value is -3.42. The standard InChI is InChI=1S/C22H20F3N5/c1-3-30-19-8-7-15(13-26-2)11-18(19)28-20(30)14-29-10-9-27-21(29)16-5-4-6-17(12-16)22(23,24)25/h4-12H,2-3,13-14H2,1H3. The molecule has 30 heavy (non-hydrogen) atoms. The fourth-order valence-corrected chi connectivity index (χ4v) is 3.61. The molecule has 0 spiro atoms. The number of aromatic nitrogens is 4. The first-order valence-electron chi connectivity index (χ1n) is 9.50. The number of hydrogen-bond acceptors (Lipinski definition) is 3. The number of hydrogen-bond donors (Lipinski definition) is 0. The average molecular weight is 411 g/mol. The molecule has 4 aromatic rings. The highest BCUT2D eigenvalue weighted by molar-refractivity contribution is 5.77. The maximum atomic E-state index is 13.1. The molecular weight excluding hydrogens is 391 g/mol. The van der Waals surface area contributed by atoms with E-state index in [-0.39, 0.29) is 0 Å². The smallest absolute Gasteiger partial charge is 0.327 e. The van der Waals surface area contributed by atoms with Crippen molar-refractivity contribution in [3.05, 3.63) is 71.8 Å². The Labute approximate surface area is 171 Å². The summed E-state index contributed by atoms with van der Waals surface area (Å²) >= 11 is 0. The van der Waals surface area contributed by atoms with Crippen LogP contribution in [-0.2, 0) is 25.8 Å². The van der Waals surface area contributed by atoms with Gasteiger partial charge in [-0.2, -0.15) is 13.2 Å². The van der Waals surface area contributed by atoms with E-state index in [4.69, 9.17) is 4.98 Å². The first kappa shape index (κ1) is 19.9. The van der Waals surface area contributed by atoms with Gasteiger partial charge in [-0.15, -0.1) is 0 Å². The molecule has 154 valence electrons. The van der Waals surface area contributed by atoms with Crippen LogP contribution in [0.3, 0.4) is 0 Å². The molecule has 8 heteroatoms. The summed E-state index contributed by atoms with van der Waals surface area (Å²) in [6.45, 7) is 7.19. The second-order valence-corrected chi connectivity index (χ2v) is 6.93. The van der Waals surface area contributed by atoms with Crippen LogP contribution in [0, 0.1) is 0 Å². The molecule has 0 N–H and O–H groups in total. The minimum Gasteiger partial charge on any atom is -0.327 e. The number of alkyl halides is 3. The van der Waals surface area contributed by atoms with Crippen molar-refractivity contribution in [3.8, 4) is 11.4 Å². The Balaban J connectivity index is 1.72. The number of imidazole rings is 2. The molecule has 5 nitrogen and oxygen atoms in total. The van der Waals surface area contributed by atoms with Gasteiger partial charge in [0.2, 0.25) is 0 Å². The quantitative estimate of drug-likeness (QED) is 0.410. The van der Waals surface area contributed by atoms with Gasteiger partial charge >= 0.3 is 6.18 Å². The minimum absolute atomic E-state index is 0.392. The zero-order valence-corrected chi connectivity index (χ0v) is 16.4. The van der Waals surface area contributed by atoms with E-state index in [0.29, 0.717) is 24.5 Å². The number of halogens is 3. The van der Waals surface area contributed by atoms with Crippen LogP contribution >= 0.6 is 0 Å². The highest BCUT2D eigenvalue weighted by Crippen LogP contribution is 2.32. The van der Waals surface area contributed by atoms with Crippen molar-refractivity contribution in [1.82, 2.24) is 19.1 Å². The fraction of sp³-hybridized carbons (Fsp3) is 0.227. The highest BCUT2D eigenvalue weighted by Gasteiger charge is 2.30. The minimum atomic E-state index is -4.40. The summed E-state index contributed by atoms with van der Waals surface area (Å²) in [5, 5.41) is 0. The number of rotatable bonds is 6. The molecule has 2 aromatic carbocycles. The molecule has 0 amide bonds. The van der Waals surface area contributed by atoms with Crippen LogP contribution in [0.15, 0.2) is 59.9 Å². The summed E-state index contributed by atoms with van der Waals surface area (Å²) in [5.41, 5.74) is 2.60. The fourth-order valence-electron chi connectivity index (χ4n) is 3.61. The molecule has 0 fully saturated rings. The molecule has 0 aliphatic rings. The van der Waals surface area contributed by atoms with Gasteiger partial charge in [-0.3, -0.25) is 4.99 Å². The average Bonchev–Trinajstić information content (AvgIpc) is 3.31. The zero-order chi connectivity index (χ0) is 21.3. The van der Waals surface area contributed by atoms with Gasteiger partial charge in [-0.1, -0.05) is 18.2 Å². The van der Waals surface area contributed by atoms with Gasteiger partial charge in [0, 0.05) is 24.5 Å². The van der Waals surface area contributed by atoms with Crippen molar-refractivity contribution in [3.63, 3.8) is 0 Å². The Bertz CT molecular complexity index is 1200. The third kappa shape index (κ3) is 3.72. The number of nitrogens with zero attached hydrogens (tertiary/aromatic N) is 5. The molecule has 0 saturated carbocycles. The second kappa shape index (κ2) is 7.78. The van der Waals surface area contributed by atoms with Crippen LogP contribution in [-0.4, -0.2) is 25.8 Å². The van der Waals surface area contributed by atoms with Crippen molar-refractivity contribution in [2.75, 3.05) is 0 Å². The van der Waals surface area contributed by atoms with E-state index in [1.54, 1.807) is 18.5 Å². The predicted octanol–water partition coefficient (Wildman–Crippen LogP) is 5.19. The molecule has 0 atom stereocenters. The summed E-state index contributed by atoms with van der Waals surface area (Å²) in [5.74, 6) is 1.27.